The molecule has 0 aliphatic carbocycles. The zero-order valence-electron chi connectivity index (χ0n) is 13.5. The minimum Gasteiger partial charge on any atom is -0.389 e. The van der Waals surface area contributed by atoms with Crippen molar-refractivity contribution in [2.24, 2.45) is 0 Å². The molecular formula is C18H25N3O. The van der Waals surface area contributed by atoms with Crippen LogP contribution in [0, 0.1) is 0 Å². The molecule has 0 unspecified atom stereocenters. The van der Waals surface area contributed by atoms with Gasteiger partial charge in [0.1, 0.15) is 0 Å². The zero-order chi connectivity index (χ0) is 15.6. The second-order valence-electron chi connectivity index (χ2n) is 6.86. The first kappa shape index (κ1) is 15.4. The fourth-order valence-corrected chi connectivity index (χ4v) is 3.19. The maximum atomic E-state index is 9.93. The fraction of sp³-hybridized carbons (Fsp3) is 0.500. The van der Waals surface area contributed by atoms with Gasteiger partial charge in [0.2, 0.25) is 0 Å². The summed E-state index contributed by atoms with van der Waals surface area (Å²) in [5, 5.41) is 11.1. The Hall–Kier alpha value is -1.49. The number of benzene rings is 1. The van der Waals surface area contributed by atoms with E-state index in [0.29, 0.717) is 0 Å². The average molecular weight is 299 g/mol. The van der Waals surface area contributed by atoms with E-state index in [-0.39, 0.29) is 0 Å². The number of hydrogen-bond donors (Lipinski definition) is 1. The Bertz CT molecular complexity index is 622. The van der Waals surface area contributed by atoms with Gasteiger partial charge in [-0.3, -0.25) is 14.8 Å². The van der Waals surface area contributed by atoms with Crippen molar-refractivity contribution in [3.05, 3.63) is 42.1 Å². The van der Waals surface area contributed by atoms with Crippen molar-refractivity contribution in [2.75, 3.05) is 32.7 Å². The molecule has 1 fully saturated rings. The lowest BCUT2D eigenvalue weighted by atomic mass is 10.1. The van der Waals surface area contributed by atoms with Gasteiger partial charge in [-0.15, -0.1) is 0 Å². The molecule has 1 aliphatic heterocycles. The molecule has 0 saturated carbocycles. The Balaban J connectivity index is 1.63. The first-order valence-electron chi connectivity index (χ1n) is 8.01. The SMILES string of the molecule is CC(C)(O)CN1CCN(Cc2cccc3cccnc23)CC1. The molecule has 2 aromatic rings. The Kier molecular flexibility index (Phi) is 4.43. The van der Waals surface area contributed by atoms with Crippen LogP contribution in [0.3, 0.4) is 0 Å². The summed E-state index contributed by atoms with van der Waals surface area (Å²) in [5.74, 6) is 0. The highest BCUT2D eigenvalue weighted by Gasteiger charge is 2.22. The van der Waals surface area contributed by atoms with E-state index < -0.39 is 5.60 Å². The maximum Gasteiger partial charge on any atom is 0.0746 e. The van der Waals surface area contributed by atoms with E-state index >= 15 is 0 Å². The quantitative estimate of drug-likeness (QED) is 0.939. The van der Waals surface area contributed by atoms with E-state index in [2.05, 4.69) is 39.0 Å². The Morgan fingerprint density at radius 1 is 1.05 bits per heavy atom. The number of β-amino-alcohol motifs (C(OH)–C–C–N with tert-alkyl or cyclic N) is 1. The molecule has 4 nitrogen and oxygen atoms in total. The lowest BCUT2D eigenvalue weighted by Gasteiger charge is -2.37. The fourth-order valence-electron chi connectivity index (χ4n) is 3.19. The molecule has 1 N–H and O–H groups in total. The normalized spacial score (nSPS) is 18.0. The molecule has 1 aromatic heterocycles. The van der Waals surface area contributed by atoms with Crippen LogP contribution in [0.5, 0.6) is 0 Å². The third kappa shape index (κ3) is 3.83. The summed E-state index contributed by atoms with van der Waals surface area (Å²) in [6.45, 7) is 9.56. The van der Waals surface area contributed by atoms with Crippen LogP contribution in [0.25, 0.3) is 10.9 Å². The van der Waals surface area contributed by atoms with E-state index in [1.807, 2.05) is 26.1 Å². The van der Waals surface area contributed by atoms with Crippen LogP contribution < -0.4 is 0 Å². The summed E-state index contributed by atoms with van der Waals surface area (Å²) in [6.07, 6.45) is 1.87. The first-order chi connectivity index (χ1) is 10.5. The van der Waals surface area contributed by atoms with Gasteiger partial charge in [0.15, 0.2) is 0 Å². The van der Waals surface area contributed by atoms with Gasteiger partial charge in [-0.1, -0.05) is 24.3 Å². The van der Waals surface area contributed by atoms with Gasteiger partial charge in [-0.05, 0) is 25.5 Å². The highest BCUT2D eigenvalue weighted by atomic mass is 16.3. The van der Waals surface area contributed by atoms with Crippen LogP contribution in [0.2, 0.25) is 0 Å². The number of rotatable bonds is 4. The van der Waals surface area contributed by atoms with Crippen LogP contribution in [-0.4, -0.2) is 58.2 Å². The third-order valence-corrected chi connectivity index (χ3v) is 4.19. The number of piperazine rings is 1. The molecule has 118 valence electrons. The predicted molar refractivity (Wildman–Crippen MR) is 89.8 cm³/mol. The molecule has 3 rings (SSSR count). The van der Waals surface area contributed by atoms with Crippen molar-refractivity contribution in [3.8, 4) is 0 Å². The minimum absolute atomic E-state index is 0.609. The van der Waals surface area contributed by atoms with E-state index in [1.165, 1.54) is 10.9 Å². The highest BCUT2D eigenvalue weighted by Crippen LogP contribution is 2.18. The monoisotopic (exact) mass is 299 g/mol. The van der Waals surface area contributed by atoms with E-state index in [0.717, 1.165) is 44.8 Å². The third-order valence-electron chi connectivity index (χ3n) is 4.19. The Morgan fingerprint density at radius 2 is 1.73 bits per heavy atom. The van der Waals surface area contributed by atoms with Crippen molar-refractivity contribution >= 4 is 10.9 Å². The van der Waals surface area contributed by atoms with Crippen molar-refractivity contribution in [2.45, 2.75) is 26.0 Å². The van der Waals surface area contributed by atoms with Crippen LogP contribution in [0.15, 0.2) is 36.5 Å². The Labute approximate surface area is 132 Å². The van der Waals surface area contributed by atoms with Crippen molar-refractivity contribution in [1.29, 1.82) is 0 Å². The van der Waals surface area contributed by atoms with Crippen LogP contribution in [-0.2, 0) is 6.54 Å². The first-order valence-corrected chi connectivity index (χ1v) is 8.01. The number of nitrogens with zero attached hydrogens (tertiary/aromatic N) is 3. The highest BCUT2D eigenvalue weighted by molar-refractivity contribution is 5.81. The van der Waals surface area contributed by atoms with Gasteiger partial charge in [0, 0.05) is 50.9 Å². The molecule has 1 saturated heterocycles. The molecule has 0 amide bonds. The standard InChI is InChI=1S/C18H25N3O/c1-18(2,22)14-21-11-9-20(10-12-21)13-16-6-3-5-15-7-4-8-19-17(15)16/h3-8,22H,9-14H2,1-2H3. The van der Waals surface area contributed by atoms with Crippen molar-refractivity contribution < 1.29 is 5.11 Å². The van der Waals surface area contributed by atoms with Gasteiger partial charge < -0.3 is 5.11 Å². The van der Waals surface area contributed by atoms with E-state index in [9.17, 15) is 5.11 Å². The number of fused-ring (bicyclic) bond motifs is 1. The van der Waals surface area contributed by atoms with Crippen molar-refractivity contribution in [3.63, 3.8) is 0 Å². The lowest BCUT2D eigenvalue weighted by molar-refractivity contribution is 0.0167. The molecule has 1 aliphatic rings. The summed E-state index contributed by atoms with van der Waals surface area (Å²) >= 11 is 0. The summed E-state index contributed by atoms with van der Waals surface area (Å²) in [5.41, 5.74) is 1.81. The number of hydrogen-bond acceptors (Lipinski definition) is 4. The average Bonchev–Trinajstić information content (AvgIpc) is 2.48. The lowest BCUT2D eigenvalue weighted by Crippen LogP contribution is -2.50. The number of aliphatic hydroxyl groups is 1. The molecule has 2 heterocycles. The van der Waals surface area contributed by atoms with Gasteiger partial charge >= 0.3 is 0 Å². The summed E-state index contributed by atoms with van der Waals surface area (Å²) < 4.78 is 0. The van der Waals surface area contributed by atoms with Crippen LogP contribution in [0.4, 0.5) is 0 Å². The molecule has 0 bridgehead atoms. The molecular weight excluding hydrogens is 274 g/mol. The van der Waals surface area contributed by atoms with Crippen LogP contribution in [0.1, 0.15) is 19.4 Å². The largest absolute Gasteiger partial charge is 0.389 e. The maximum absolute atomic E-state index is 9.93. The molecule has 0 atom stereocenters. The smallest absolute Gasteiger partial charge is 0.0746 e. The van der Waals surface area contributed by atoms with Crippen LogP contribution >= 0.6 is 0 Å². The molecule has 1 aromatic carbocycles. The number of aromatic nitrogens is 1. The van der Waals surface area contributed by atoms with Gasteiger partial charge in [-0.2, -0.15) is 0 Å². The van der Waals surface area contributed by atoms with Gasteiger partial charge in [-0.25, -0.2) is 0 Å². The zero-order valence-corrected chi connectivity index (χ0v) is 13.5. The van der Waals surface area contributed by atoms with E-state index in [1.54, 1.807) is 0 Å². The second-order valence-corrected chi connectivity index (χ2v) is 6.86. The van der Waals surface area contributed by atoms with Crippen molar-refractivity contribution in [1.82, 2.24) is 14.8 Å². The van der Waals surface area contributed by atoms with Gasteiger partial charge in [0.25, 0.3) is 0 Å². The summed E-state index contributed by atoms with van der Waals surface area (Å²) in [7, 11) is 0. The predicted octanol–water partition coefficient (Wildman–Crippen LogP) is 2.12. The molecule has 4 heteroatoms. The minimum atomic E-state index is -0.609. The summed E-state index contributed by atoms with van der Waals surface area (Å²) in [4.78, 5) is 9.36. The number of para-hydroxylation sites is 1. The second kappa shape index (κ2) is 6.32. The molecule has 22 heavy (non-hydrogen) atoms. The Morgan fingerprint density at radius 3 is 2.45 bits per heavy atom. The summed E-state index contributed by atoms with van der Waals surface area (Å²) in [6, 6.07) is 10.5. The number of pyridine rings is 1. The molecule has 0 spiro atoms. The van der Waals surface area contributed by atoms with E-state index in [4.69, 9.17) is 0 Å². The van der Waals surface area contributed by atoms with Gasteiger partial charge in [0.05, 0.1) is 11.1 Å². The molecule has 0 radical (unpaired) electrons. The topological polar surface area (TPSA) is 39.6 Å².